The minimum absolute atomic E-state index is 0.0191. The van der Waals surface area contributed by atoms with E-state index in [0.29, 0.717) is 12.1 Å². The van der Waals surface area contributed by atoms with Gasteiger partial charge in [0.1, 0.15) is 0 Å². The predicted molar refractivity (Wildman–Crippen MR) is 95.7 cm³/mol. The average Bonchev–Trinajstić information content (AvgIpc) is 3.14. The van der Waals surface area contributed by atoms with Crippen LogP contribution in [0.2, 0.25) is 0 Å². The predicted octanol–water partition coefficient (Wildman–Crippen LogP) is 3.42. The van der Waals surface area contributed by atoms with Gasteiger partial charge in [-0.1, -0.05) is 25.0 Å². The van der Waals surface area contributed by atoms with Crippen LogP contribution in [0.15, 0.2) is 53.7 Å². The quantitative estimate of drug-likeness (QED) is 0.742. The number of nitrogens with zero attached hydrogens (tertiary/aromatic N) is 2. The zero-order valence-corrected chi connectivity index (χ0v) is 15.1. The molecule has 0 spiro atoms. The zero-order chi connectivity index (χ0) is 17.9. The van der Waals surface area contributed by atoms with Crippen LogP contribution < -0.4 is 0 Å². The van der Waals surface area contributed by atoms with Gasteiger partial charge < -0.3 is 0 Å². The van der Waals surface area contributed by atoms with Crippen molar-refractivity contribution in [2.24, 2.45) is 0 Å². The van der Waals surface area contributed by atoms with Crippen LogP contribution >= 0.6 is 0 Å². The van der Waals surface area contributed by atoms with Crippen LogP contribution in [0.4, 0.5) is 0 Å². The Hall–Kier alpha value is -2.05. The number of ketones is 1. The van der Waals surface area contributed by atoms with Gasteiger partial charge in [0.15, 0.2) is 5.78 Å². The van der Waals surface area contributed by atoms with Gasteiger partial charge in [-0.05, 0) is 49.6 Å². The summed E-state index contributed by atoms with van der Waals surface area (Å²) in [6.45, 7) is 1.81. The fourth-order valence-corrected chi connectivity index (χ4v) is 4.94. The number of carbonyl (C=O) groups excluding carboxylic acids is 1. The zero-order valence-electron chi connectivity index (χ0n) is 14.3. The van der Waals surface area contributed by atoms with Crippen LogP contribution in [-0.2, 0) is 16.6 Å². The van der Waals surface area contributed by atoms with Gasteiger partial charge in [0.2, 0.25) is 10.0 Å². The highest BCUT2D eigenvalue weighted by Crippen LogP contribution is 2.30. The summed E-state index contributed by atoms with van der Waals surface area (Å²) < 4.78 is 28.1. The fourth-order valence-electron chi connectivity index (χ4n) is 3.27. The van der Waals surface area contributed by atoms with Crippen molar-refractivity contribution < 1.29 is 13.2 Å². The van der Waals surface area contributed by atoms with Crippen LogP contribution in [0.5, 0.6) is 0 Å². The molecule has 1 aliphatic rings. The highest BCUT2D eigenvalue weighted by Gasteiger charge is 2.33. The van der Waals surface area contributed by atoms with Crippen LogP contribution in [0.25, 0.3) is 0 Å². The lowest BCUT2D eigenvalue weighted by atomic mass is 10.2. The van der Waals surface area contributed by atoms with Crippen molar-refractivity contribution in [1.29, 1.82) is 0 Å². The van der Waals surface area contributed by atoms with Gasteiger partial charge in [-0.3, -0.25) is 9.78 Å². The molecule has 0 aliphatic heterocycles. The van der Waals surface area contributed by atoms with Crippen molar-refractivity contribution in [2.75, 3.05) is 0 Å². The molecule has 0 atom stereocenters. The first kappa shape index (κ1) is 17.8. The molecule has 1 saturated carbocycles. The van der Waals surface area contributed by atoms with Crippen molar-refractivity contribution in [3.63, 3.8) is 0 Å². The summed E-state index contributed by atoms with van der Waals surface area (Å²) in [5, 5.41) is 0. The molecule has 0 saturated heterocycles. The second-order valence-corrected chi connectivity index (χ2v) is 8.32. The van der Waals surface area contributed by atoms with Crippen LogP contribution in [0.1, 0.15) is 48.5 Å². The Morgan fingerprint density at radius 1 is 1.08 bits per heavy atom. The van der Waals surface area contributed by atoms with Crippen molar-refractivity contribution in [3.8, 4) is 0 Å². The molecule has 2 aromatic rings. The topological polar surface area (TPSA) is 67.3 Å². The molecule has 0 N–H and O–H groups in total. The van der Waals surface area contributed by atoms with Crippen molar-refractivity contribution in [1.82, 2.24) is 9.29 Å². The van der Waals surface area contributed by atoms with E-state index in [4.69, 9.17) is 0 Å². The van der Waals surface area contributed by atoms with E-state index in [1.807, 2.05) is 12.1 Å². The maximum atomic E-state index is 13.2. The number of hydrogen-bond acceptors (Lipinski definition) is 4. The summed E-state index contributed by atoms with van der Waals surface area (Å²) in [6.07, 6.45) is 7.23. The molecule has 1 aromatic carbocycles. The number of aromatic nitrogens is 1. The van der Waals surface area contributed by atoms with Gasteiger partial charge in [-0.2, -0.15) is 4.31 Å². The smallest absolute Gasteiger partial charge is 0.243 e. The Morgan fingerprint density at radius 2 is 1.68 bits per heavy atom. The summed E-state index contributed by atoms with van der Waals surface area (Å²) in [7, 11) is -3.62. The average molecular weight is 358 g/mol. The minimum atomic E-state index is -3.62. The van der Waals surface area contributed by atoms with Crippen molar-refractivity contribution in [2.45, 2.75) is 50.1 Å². The second-order valence-electron chi connectivity index (χ2n) is 6.42. The number of carbonyl (C=O) groups is 1. The van der Waals surface area contributed by atoms with Gasteiger partial charge in [0.25, 0.3) is 0 Å². The summed E-state index contributed by atoms with van der Waals surface area (Å²) in [5.74, 6) is -0.0756. The first-order valence-electron chi connectivity index (χ1n) is 8.50. The maximum Gasteiger partial charge on any atom is 0.243 e. The van der Waals surface area contributed by atoms with Gasteiger partial charge in [-0.15, -0.1) is 0 Å². The van der Waals surface area contributed by atoms with Crippen LogP contribution in [0.3, 0.4) is 0 Å². The number of hydrogen-bond donors (Lipinski definition) is 0. The van der Waals surface area contributed by atoms with E-state index in [1.54, 1.807) is 28.8 Å². The molecule has 3 rings (SSSR count). The Morgan fingerprint density at radius 3 is 2.24 bits per heavy atom. The van der Waals surface area contributed by atoms with Crippen LogP contribution in [-0.4, -0.2) is 29.5 Å². The molecule has 25 heavy (non-hydrogen) atoms. The van der Waals surface area contributed by atoms with Gasteiger partial charge >= 0.3 is 0 Å². The summed E-state index contributed by atoms with van der Waals surface area (Å²) in [4.78, 5) is 15.7. The lowest BCUT2D eigenvalue weighted by Gasteiger charge is -2.28. The summed E-state index contributed by atoms with van der Waals surface area (Å²) in [5.41, 5.74) is 1.44. The van der Waals surface area contributed by atoms with E-state index >= 15 is 0 Å². The number of sulfonamides is 1. The molecular weight excluding hydrogens is 336 g/mol. The molecule has 1 fully saturated rings. The molecule has 0 radical (unpaired) electrons. The lowest BCUT2D eigenvalue weighted by Crippen LogP contribution is -2.38. The first-order valence-corrected chi connectivity index (χ1v) is 9.94. The SMILES string of the molecule is CC(=O)c1ccc(S(=O)(=O)N(Cc2ccncc2)C2CCCC2)cc1. The van der Waals surface area contributed by atoms with E-state index in [1.165, 1.54) is 19.1 Å². The maximum absolute atomic E-state index is 13.2. The van der Waals surface area contributed by atoms with Crippen molar-refractivity contribution in [3.05, 3.63) is 59.9 Å². The van der Waals surface area contributed by atoms with Crippen molar-refractivity contribution >= 4 is 15.8 Å². The molecule has 0 amide bonds. The highest BCUT2D eigenvalue weighted by molar-refractivity contribution is 7.89. The third-order valence-corrected chi connectivity index (χ3v) is 6.60. The number of benzene rings is 1. The molecule has 1 aliphatic carbocycles. The van der Waals surface area contributed by atoms with Gasteiger partial charge in [-0.25, -0.2) is 8.42 Å². The lowest BCUT2D eigenvalue weighted by molar-refractivity contribution is 0.101. The molecule has 5 nitrogen and oxygen atoms in total. The number of Topliss-reactive ketones (excluding diaryl/α,β-unsaturated/α-hetero) is 1. The Bertz CT molecular complexity index is 827. The molecule has 0 unspecified atom stereocenters. The largest absolute Gasteiger partial charge is 0.295 e. The third-order valence-electron chi connectivity index (χ3n) is 4.69. The van der Waals surface area contributed by atoms with Crippen LogP contribution in [0, 0.1) is 0 Å². The third kappa shape index (κ3) is 3.96. The second kappa shape index (κ2) is 7.45. The van der Waals surface area contributed by atoms with Gasteiger partial charge in [0, 0.05) is 30.5 Å². The highest BCUT2D eigenvalue weighted by atomic mass is 32.2. The summed E-state index contributed by atoms with van der Waals surface area (Å²) in [6, 6.07) is 9.92. The Labute approximate surface area is 148 Å². The molecule has 6 heteroatoms. The first-order chi connectivity index (χ1) is 12.0. The Balaban J connectivity index is 1.94. The molecule has 132 valence electrons. The monoisotopic (exact) mass is 358 g/mol. The van der Waals surface area contributed by atoms with E-state index in [0.717, 1.165) is 31.2 Å². The Kier molecular flexibility index (Phi) is 5.30. The number of pyridine rings is 1. The van der Waals surface area contributed by atoms with E-state index in [2.05, 4.69) is 4.98 Å². The molecule has 1 aromatic heterocycles. The van der Waals surface area contributed by atoms with Gasteiger partial charge in [0.05, 0.1) is 4.90 Å². The van der Waals surface area contributed by atoms with E-state index in [-0.39, 0.29) is 16.7 Å². The summed E-state index contributed by atoms with van der Waals surface area (Å²) >= 11 is 0. The fraction of sp³-hybridized carbons (Fsp3) is 0.368. The molecule has 1 heterocycles. The number of rotatable bonds is 6. The normalized spacial score (nSPS) is 15.6. The standard InChI is InChI=1S/C19H22N2O3S/c1-15(22)17-6-8-19(9-7-17)25(23,24)21(18-4-2-3-5-18)14-16-10-12-20-13-11-16/h6-13,18H,2-5,14H2,1H3. The molecular formula is C19H22N2O3S. The molecule has 0 bridgehead atoms. The van der Waals surface area contributed by atoms with E-state index in [9.17, 15) is 13.2 Å². The minimum Gasteiger partial charge on any atom is -0.295 e. The van der Waals surface area contributed by atoms with E-state index < -0.39 is 10.0 Å².